The summed E-state index contributed by atoms with van der Waals surface area (Å²) in [5.74, 6) is 0.00891. The van der Waals surface area contributed by atoms with Gasteiger partial charge in [0.2, 0.25) is 5.91 Å². The summed E-state index contributed by atoms with van der Waals surface area (Å²) in [5.41, 5.74) is 3.82. The van der Waals surface area contributed by atoms with Crippen molar-refractivity contribution in [2.24, 2.45) is 0 Å². The molecule has 0 radical (unpaired) electrons. The predicted molar refractivity (Wildman–Crippen MR) is 124 cm³/mol. The Hall–Kier alpha value is -2.61. The minimum Gasteiger partial charge on any atom is -0.325 e. The van der Waals surface area contributed by atoms with Crippen molar-refractivity contribution in [3.63, 3.8) is 0 Å². The van der Waals surface area contributed by atoms with E-state index in [4.69, 9.17) is 4.98 Å². The smallest absolute Gasteiger partial charge is 0.238 e. The third-order valence-corrected chi connectivity index (χ3v) is 7.28. The molecule has 1 atom stereocenters. The molecule has 0 aliphatic carbocycles. The van der Waals surface area contributed by atoms with Gasteiger partial charge in [0.05, 0.1) is 33.5 Å². The van der Waals surface area contributed by atoms with Crippen LogP contribution in [0.1, 0.15) is 28.9 Å². The monoisotopic (exact) mass is 434 g/mol. The second-order valence-electron chi connectivity index (χ2n) is 7.53. The van der Waals surface area contributed by atoms with E-state index < -0.39 is 0 Å². The van der Waals surface area contributed by atoms with Crippen molar-refractivity contribution in [2.75, 3.05) is 18.4 Å². The third-order valence-electron chi connectivity index (χ3n) is 5.37. The lowest BCUT2D eigenvalue weighted by Gasteiger charge is -2.22. The molecule has 1 aliphatic rings. The van der Waals surface area contributed by atoms with Crippen molar-refractivity contribution in [1.29, 1.82) is 0 Å². The van der Waals surface area contributed by atoms with E-state index in [2.05, 4.69) is 27.3 Å². The van der Waals surface area contributed by atoms with Crippen LogP contribution in [0.15, 0.2) is 53.9 Å². The van der Waals surface area contributed by atoms with Gasteiger partial charge in [-0.25, -0.2) is 9.97 Å². The van der Waals surface area contributed by atoms with E-state index in [9.17, 15) is 4.79 Å². The maximum atomic E-state index is 12.8. The number of aromatic nitrogens is 2. The molecule has 2 aromatic carbocycles. The molecule has 1 amide bonds. The first-order chi connectivity index (χ1) is 14.7. The minimum atomic E-state index is 0.00891. The number of rotatable bonds is 5. The molecule has 5 nitrogen and oxygen atoms in total. The molecule has 1 fully saturated rings. The van der Waals surface area contributed by atoms with Gasteiger partial charge in [-0.3, -0.25) is 9.69 Å². The van der Waals surface area contributed by atoms with Crippen LogP contribution in [0.5, 0.6) is 0 Å². The van der Waals surface area contributed by atoms with Crippen LogP contribution in [0, 0.1) is 6.92 Å². The van der Waals surface area contributed by atoms with Crippen LogP contribution in [0.2, 0.25) is 0 Å². The quantitative estimate of drug-likeness (QED) is 0.450. The van der Waals surface area contributed by atoms with Crippen molar-refractivity contribution in [2.45, 2.75) is 25.8 Å². The van der Waals surface area contributed by atoms with Crippen LogP contribution in [0.25, 0.3) is 21.5 Å². The zero-order chi connectivity index (χ0) is 20.5. The van der Waals surface area contributed by atoms with E-state index in [1.165, 1.54) is 4.70 Å². The second-order valence-corrected chi connectivity index (χ2v) is 9.65. The molecular weight excluding hydrogens is 412 g/mol. The third kappa shape index (κ3) is 4.01. The van der Waals surface area contributed by atoms with E-state index in [1.54, 1.807) is 22.7 Å². The number of hydrogen-bond acceptors (Lipinski definition) is 6. The van der Waals surface area contributed by atoms with E-state index in [0.29, 0.717) is 6.54 Å². The van der Waals surface area contributed by atoms with Crippen molar-refractivity contribution in [3.8, 4) is 11.3 Å². The Bertz CT molecular complexity index is 1170. The number of nitrogens with zero attached hydrogens (tertiary/aromatic N) is 3. The number of hydrogen-bond donors (Lipinski definition) is 1. The summed E-state index contributed by atoms with van der Waals surface area (Å²) in [5, 5.41) is 7.26. The molecule has 0 unspecified atom stereocenters. The average molecular weight is 435 g/mol. The maximum absolute atomic E-state index is 12.8. The van der Waals surface area contributed by atoms with Crippen molar-refractivity contribution < 1.29 is 4.79 Å². The van der Waals surface area contributed by atoms with Gasteiger partial charge in [-0.1, -0.05) is 24.3 Å². The Morgan fingerprint density at radius 1 is 1.20 bits per heavy atom. The highest BCUT2D eigenvalue weighted by atomic mass is 32.1. The molecule has 1 aliphatic heterocycles. The number of thiazole rings is 2. The summed E-state index contributed by atoms with van der Waals surface area (Å²) in [6.45, 7) is 3.30. The molecule has 152 valence electrons. The fraction of sp³-hybridized carbons (Fsp3) is 0.261. The van der Waals surface area contributed by atoms with Crippen LogP contribution >= 0.6 is 22.7 Å². The summed E-state index contributed by atoms with van der Waals surface area (Å²) >= 11 is 3.37. The minimum absolute atomic E-state index is 0.00891. The number of amides is 1. The summed E-state index contributed by atoms with van der Waals surface area (Å²) in [6, 6.07) is 16.3. The van der Waals surface area contributed by atoms with Gasteiger partial charge < -0.3 is 5.32 Å². The maximum Gasteiger partial charge on any atom is 0.238 e. The van der Waals surface area contributed by atoms with Crippen molar-refractivity contribution in [3.05, 3.63) is 63.9 Å². The number of likely N-dealkylation sites (tertiary alicyclic amines) is 1. The van der Waals surface area contributed by atoms with Crippen molar-refractivity contribution >= 4 is 44.5 Å². The Kier molecular flexibility index (Phi) is 5.33. The summed E-state index contributed by atoms with van der Waals surface area (Å²) in [7, 11) is 0. The number of anilines is 1. The molecule has 2 aromatic heterocycles. The highest BCUT2D eigenvalue weighted by Crippen LogP contribution is 2.36. The van der Waals surface area contributed by atoms with Gasteiger partial charge in [0.1, 0.15) is 5.01 Å². The average Bonchev–Trinajstić information content (AvgIpc) is 3.47. The van der Waals surface area contributed by atoms with Gasteiger partial charge in [0, 0.05) is 16.6 Å². The molecule has 4 aromatic rings. The lowest BCUT2D eigenvalue weighted by Crippen LogP contribution is -2.32. The van der Waals surface area contributed by atoms with Crippen LogP contribution < -0.4 is 5.32 Å². The Balaban J connectivity index is 1.28. The normalized spacial score (nSPS) is 16.9. The van der Waals surface area contributed by atoms with Gasteiger partial charge in [-0.15, -0.1) is 22.7 Å². The number of nitrogens with one attached hydrogen (secondary N) is 1. The molecule has 7 heteroatoms. The number of aryl methyl sites for hydroxylation is 1. The van der Waals surface area contributed by atoms with Gasteiger partial charge in [0.15, 0.2) is 0 Å². The number of carbonyl (C=O) groups excluding carboxylic acids is 1. The SMILES string of the molecule is Cc1nc(-c2cccc(NC(=O)CN3CCC[C@H]3c3nc4ccccc4s3)c2)cs1. The summed E-state index contributed by atoms with van der Waals surface area (Å²) in [6.07, 6.45) is 2.14. The van der Waals surface area contributed by atoms with Crippen LogP contribution in [-0.4, -0.2) is 33.9 Å². The molecule has 1 saturated heterocycles. The summed E-state index contributed by atoms with van der Waals surface area (Å²) < 4.78 is 1.21. The second kappa shape index (κ2) is 8.26. The first-order valence-electron chi connectivity index (χ1n) is 10.1. The Morgan fingerprint density at radius 3 is 2.93 bits per heavy atom. The number of benzene rings is 2. The lowest BCUT2D eigenvalue weighted by atomic mass is 10.1. The number of carbonyl (C=O) groups is 1. The fourth-order valence-corrected chi connectivity index (χ4v) is 5.72. The highest BCUT2D eigenvalue weighted by molar-refractivity contribution is 7.18. The lowest BCUT2D eigenvalue weighted by molar-refractivity contribution is -0.117. The standard InChI is InChI=1S/C23H22N4OS2/c1-15-24-19(14-29-15)16-6-4-7-17(12-16)25-22(28)13-27-11-5-9-20(27)23-26-18-8-2-3-10-21(18)30-23/h2-4,6-8,10,12,14,20H,5,9,11,13H2,1H3,(H,25,28)/t20-/m0/s1. The Morgan fingerprint density at radius 2 is 2.10 bits per heavy atom. The zero-order valence-corrected chi connectivity index (χ0v) is 18.3. The number of para-hydroxylation sites is 1. The van der Waals surface area contributed by atoms with Crippen LogP contribution in [0.4, 0.5) is 5.69 Å². The zero-order valence-electron chi connectivity index (χ0n) is 16.7. The molecule has 30 heavy (non-hydrogen) atoms. The molecular formula is C23H22N4OS2. The van der Waals surface area contributed by atoms with Crippen molar-refractivity contribution in [1.82, 2.24) is 14.9 Å². The summed E-state index contributed by atoms with van der Waals surface area (Å²) in [4.78, 5) is 24.4. The van der Waals surface area contributed by atoms with E-state index >= 15 is 0 Å². The largest absolute Gasteiger partial charge is 0.325 e. The van der Waals surface area contributed by atoms with Gasteiger partial charge in [0.25, 0.3) is 0 Å². The molecule has 1 N–H and O–H groups in total. The molecule has 0 saturated carbocycles. The molecule has 5 rings (SSSR count). The molecule has 3 heterocycles. The van der Waals surface area contributed by atoms with Gasteiger partial charge >= 0.3 is 0 Å². The highest BCUT2D eigenvalue weighted by Gasteiger charge is 2.30. The van der Waals surface area contributed by atoms with Gasteiger partial charge in [-0.2, -0.15) is 0 Å². The van der Waals surface area contributed by atoms with E-state index in [-0.39, 0.29) is 11.9 Å². The number of fused-ring (bicyclic) bond motifs is 1. The Labute approximate surface area is 183 Å². The first kappa shape index (κ1) is 19.4. The topological polar surface area (TPSA) is 58.1 Å². The van der Waals surface area contributed by atoms with Crippen LogP contribution in [-0.2, 0) is 4.79 Å². The van der Waals surface area contributed by atoms with E-state index in [0.717, 1.165) is 51.9 Å². The van der Waals surface area contributed by atoms with E-state index in [1.807, 2.05) is 48.7 Å². The molecule has 0 spiro atoms. The fourth-order valence-electron chi connectivity index (χ4n) is 3.96. The molecule has 0 bridgehead atoms. The predicted octanol–water partition coefficient (Wildman–Crippen LogP) is 5.50. The van der Waals surface area contributed by atoms with Gasteiger partial charge in [-0.05, 0) is 50.6 Å². The first-order valence-corrected chi connectivity index (χ1v) is 11.8. The van der Waals surface area contributed by atoms with Crippen LogP contribution in [0.3, 0.4) is 0 Å².